The predicted octanol–water partition coefficient (Wildman–Crippen LogP) is 2.30. The Balaban J connectivity index is 2.08. The van der Waals surface area contributed by atoms with Crippen LogP contribution in [0.2, 0.25) is 0 Å². The van der Waals surface area contributed by atoms with E-state index in [1.54, 1.807) is 0 Å². The summed E-state index contributed by atoms with van der Waals surface area (Å²) in [5.74, 6) is -3.53. The van der Waals surface area contributed by atoms with Crippen LogP contribution in [0.4, 0.5) is 14.5 Å². The van der Waals surface area contributed by atoms with Gasteiger partial charge in [-0.3, -0.25) is 4.79 Å². The van der Waals surface area contributed by atoms with Gasteiger partial charge < -0.3 is 15.2 Å². The zero-order valence-corrected chi connectivity index (χ0v) is 11.6. The number of hydrogen-bond acceptors (Lipinski definition) is 3. The van der Waals surface area contributed by atoms with Crippen LogP contribution in [-0.4, -0.2) is 29.2 Å². The number of amides is 1. The Hall–Kier alpha value is -1.54. The van der Waals surface area contributed by atoms with Gasteiger partial charge in [-0.05, 0) is 34.8 Å². The van der Waals surface area contributed by atoms with Crippen molar-refractivity contribution in [2.75, 3.05) is 5.32 Å². The highest BCUT2D eigenvalue weighted by Gasteiger charge is 2.35. The van der Waals surface area contributed by atoms with Crippen LogP contribution in [-0.2, 0) is 14.3 Å². The standard InChI is InChI=1S/C12H10BrF2NO4/c13-6-3-5(14)4-7(15)10(6)16-11(17)8-1-2-9(20-8)12(18)19/h3-4,8-9H,1-2H2,(H,16,17)(H,18,19). The topological polar surface area (TPSA) is 75.6 Å². The van der Waals surface area contributed by atoms with Crippen LogP contribution in [0.5, 0.6) is 0 Å². The number of carboxylic acid groups (broad SMARTS) is 1. The molecule has 1 saturated heterocycles. The first kappa shape index (κ1) is 14.9. The van der Waals surface area contributed by atoms with Crippen molar-refractivity contribution in [3.8, 4) is 0 Å². The maximum atomic E-state index is 13.5. The summed E-state index contributed by atoms with van der Waals surface area (Å²) >= 11 is 2.94. The third-order valence-electron chi connectivity index (χ3n) is 2.84. The van der Waals surface area contributed by atoms with Gasteiger partial charge >= 0.3 is 5.97 Å². The zero-order valence-electron chi connectivity index (χ0n) is 10.0. The molecule has 0 aromatic heterocycles. The second-order valence-corrected chi connectivity index (χ2v) is 5.12. The summed E-state index contributed by atoms with van der Waals surface area (Å²) in [7, 11) is 0. The van der Waals surface area contributed by atoms with Crippen LogP contribution >= 0.6 is 15.9 Å². The minimum Gasteiger partial charge on any atom is -0.479 e. The monoisotopic (exact) mass is 349 g/mol. The van der Waals surface area contributed by atoms with Gasteiger partial charge in [-0.2, -0.15) is 0 Å². The summed E-state index contributed by atoms with van der Waals surface area (Å²) in [6.45, 7) is 0. The number of carbonyl (C=O) groups is 2. The van der Waals surface area contributed by atoms with Gasteiger partial charge in [0.1, 0.15) is 11.9 Å². The second-order valence-electron chi connectivity index (χ2n) is 4.26. The molecule has 0 aliphatic carbocycles. The van der Waals surface area contributed by atoms with Gasteiger partial charge in [0, 0.05) is 10.5 Å². The molecular formula is C12H10BrF2NO4. The van der Waals surface area contributed by atoms with Crippen molar-refractivity contribution in [3.05, 3.63) is 28.2 Å². The first-order valence-electron chi connectivity index (χ1n) is 5.72. The van der Waals surface area contributed by atoms with Gasteiger partial charge in [-0.15, -0.1) is 0 Å². The summed E-state index contributed by atoms with van der Waals surface area (Å²) in [6, 6.07) is 1.64. The van der Waals surface area contributed by atoms with E-state index in [0.29, 0.717) is 6.07 Å². The third kappa shape index (κ3) is 3.13. The molecule has 1 heterocycles. The molecule has 8 heteroatoms. The first-order valence-corrected chi connectivity index (χ1v) is 6.51. The van der Waals surface area contributed by atoms with Crippen LogP contribution in [0.15, 0.2) is 16.6 Å². The van der Waals surface area contributed by atoms with E-state index in [0.717, 1.165) is 6.07 Å². The van der Waals surface area contributed by atoms with E-state index in [1.807, 2.05) is 0 Å². The van der Waals surface area contributed by atoms with Gasteiger partial charge in [0.15, 0.2) is 11.9 Å². The third-order valence-corrected chi connectivity index (χ3v) is 3.47. The maximum Gasteiger partial charge on any atom is 0.332 e. The van der Waals surface area contributed by atoms with Crippen LogP contribution in [0.1, 0.15) is 12.8 Å². The van der Waals surface area contributed by atoms with Gasteiger partial charge in [0.05, 0.1) is 5.69 Å². The molecule has 0 saturated carbocycles. The Morgan fingerprint density at radius 2 is 1.95 bits per heavy atom. The molecule has 2 atom stereocenters. The lowest BCUT2D eigenvalue weighted by molar-refractivity contribution is -0.150. The average Bonchev–Trinajstić information content (AvgIpc) is 2.83. The normalized spacial score (nSPS) is 21.8. The Bertz CT molecular complexity index is 543. The molecule has 108 valence electrons. The van der Waals surface area contributed by atoms with E-state index in [2.05, 4.69) is 21.2 Å². The fourth-order valence-electron chi connectivity index (χ4n) is 1.88. The highest BCUT2D eigenvalue weighted by molar-refractivity contribution is 9.10. The number of nitrogens with one attached hydrogen (secondary N) is 1. The van der Waals surface area contributed by atoms with E-state index in [-0.39, 0.29) is 23.0 Å². The molecule has 0 spiro atoms. The van der Waals surface area contributed by atoms with Crippen LogP contribution < -0.4 is 5.32 Å². The Morgan fingerprint density at radius 1 is 1.30 bits per heavy atom. The number of carboxylic acids is 1. The van der Waals surface area contributed by atoms with Gasteiger partial charge in [0.25, 0.3) is 5.91 Å². The first-order chi connectivity index (χ1) is 9.38. The number of carbonyl (C=O) groups excluding carboxylic acids is 1. The van der Waals surface area contributed by atoms with Crippen LogP contribution in [0.3, 0.4) is 0 Å². The molecule has 20 heavy (non-hydrogen) atoms. The summed E-state index contributed by atoms with van der Waals surface area (Å²) in [5, 5.41) is 11.0. The number of halogens is 3. The largest absolute Gasteiger partial charge is 0.479 e. The number of rotatable bonds is 3. The second kappa shape index (κ2) is 5.84. The molecule has 2 N–H and O–H groups in total. The molecule has 1 aromatic carbocycles. The molecule has 1 aliphatic rings. The van der Waals surface area contributed by atoms with Crippen molar-refractivity contribution in [2.45, 2.75) is 25.0 Å². The number of aliphatic carboxylic acids is 1. The Morgan fingerprint density at radius 3 is 2.50 bits per heavy atom. The minimum atomic E-state index is -1.14. The summed E-state index contributed by atoms with van der Waals surface area (Å²) in [4.78, 5) is 22.6. The van der Waals surface area contributed by atoms with Crippen LogP contribution in [0, 0.1) is 11.6 Å². The fraction of sp³-hybridized carbons (Fsp3) is 0.333. The smallest absolute Gasteiger partial charge is 0.332 e. The molecule has 2 unspecified atom stereocenters. The summed E-state index contributed by atoms with van der Waals surface area (Å²) in [6.07, 6.45) is -1.57. The highest BCUT2D eigenvalue weighted by Crippen LogP contribution is 2.28. The van der Waals surface area contributed by atoms with Crippen LogP contribution in [0.25, 0.3) is 0 Å². The molecule has 1 aliphatic heterocycles. The van der Waals surface area contributed by atoms with Gasteiger partial charge in [-0.25, -0.2) is 13.6 Å². The van der Waals surface area contributed by atoms with Crippen molar-refractivity contribution in [1.29, 1.82) is 0 Å². The molecule has 2 rings (SSSR count). The fourth-order valence-corrected chi connectivity index (χ4v) is 2.38. The number of ether oxygens (including phenoxy) is 1. The molecule has 1 amide bonds. The Labute approximate surface area is 121 Å². The number of hydrogen-bond donors (Lipinski definition) is 2. The molecule has 0 bridgehead atoms. The summed E-state index contributed by atoms with van der Waals surface area (Å²) in [5.41, 5.74) is -0.209. The minimum absolute atomic E-state index is 0.0520. The van der Waals surface area contributed by atoms with Crippen molar-refractivity contribution in [2.24, 2.45) is 0 Å². The summed E-state index contributed by atoms with van der Waals surface area (Å²) < 4.78 is 31.5. The number of anilines is 1. The average molecular weight is 350 g/mol. The lowest BCUT2D eigenvalue weighted by atomic mass is 10.2. The van der Waals surface area contributed by atoms with E-state index in [1.165, 1.54) is 0 Å². The van der Waals surface area contributed by atoms with E-state index in [4.69, 9.17) is 9.84 Å². The van der Waals surface area contributed by atoms with Crippen molar-refractivity contribution < 1.29 is 28.2 Å². The SMILES string of the molecule is O=C(O)C1CCC(C(=O)Nc2c(F)cc(F)cc2Br)O1. The van der Waals surface area contributed by atoms with Crippen molar-refractivity contribution >= 4 is 33.5 Å². The quantitative estimate of drug-likeness (QED) is 0.877. The zero-order chi connectivity index (χ0) is 14.9. The van der Waals surface area contributed by atoms with E-state index >= 15 is 0 Å². The van der Waals surface area contributed by atoms with Gasteiger partial charge in [0.2, 0.25) is 0 Å². The van der Waals surface area contributed by atoms with Gasteiger partial charge in [-0.1, -0.05) is 0 Å². The highest BCUT2D eigenvalue weighted by atomic mass is 79.9. The molecule has 1 fully saturated rings. The predicted molar refractivity (Wildman–Crippen MR) is 68.2 cm³/mol. The van der Waals surface area contributed by atoms with E-state index < -0.39 is 35.7 Å². The van der Waals surface area contributed by atoms with Crippen molar-refractivity contribution in [1.82, 2.24) is 0 Å². The number of benzene rings is 1. The maximum absolute atomic E-state index is 13.5. The lowest BCUT2D eigenvalue weighted by Gasteiger charge is -2.13. The molecule has 5 nitrogen and oxygen atoms in total. The van der Waals surface area contributed by atoms with E-state index in [9.17, 15) is 18.4 Å². The molecule has 0 radical (unpaired) electrons. The molecular weight excluding hydrogens is 340 g/mol. The molecule has 1 aromatic rings. The Kier molecular flexibility index (Phi) is 4.34. The lowest BCUT2D eigenvalue weighted by Crippen LogP contribution is -2.30. The van der Waals surface area contributed by atoms with Crippen molar-refractivity contribution in [3.63, 3.8) is 0 Å².